The van der Waals surface area contributed by atoms with Crippen LogP contribution in [0.4, 0.5) is 4.39 Å². The number of alkyl halides is 1. The van der Waals surface area contributed by atoms with E-state index in [0.29, 0.717) is 11.8 Å². The van der Waals surface area contributed by atoms with Gasteiger partial charge in [0.2, 0.25) is 0 Å². The summed E-state index contributed by atoms with van der Waals surface area (Å²) in [6, 6.07) is 0. The van der Waals surface area contributed by atoms with Crippen LogP contribution >= 0.6 is 0 Å². The number of rotatable bonds is 0. The second kappa shape index (κ2) is 1.29. The molecule has 8 atom stereocenters. The third kappa shape index (κ3) is 0.294. The van der Waals surface area contributed by atoms with E-state index < -0.39 is 0 Å². The van der Waals surface area contributed by atoms with E-state index >= 15 is 0 Å². The van der Waals surface area contributed by atoms with Gasteiger partial charge in [0, 0.05) is 0 Å². The van der Waals surface area contributed by atoms with Gasteiger partial charge < -0.3 is 0 Å². The van der Waals surface area contributed by atoms with Crippen molar-refractivity contribution in [3.05, 3.63) is 0 Å². The van der Waals surface area contributed by atoms with Gasteiger partial charge in [-0.2, -0.15) is 0 Å². The second-order valence-corrected chi connectivity index (χ2v) is 5.88. The van der Waals surface area contributed by atoms with E-state index in [1.807, 2.05) is 0 Å². The topological polar surface area (TPSA) is 0 Å². The molecule has 0 saturated heterocycles. The molecule has 64 valence electrons. The van der Waals surface area contributed by atoms with Gasteiger partial charge in [-0.15, -0.1) is 0 Å². The summed E-state index contributed by atoms with van der Waals surface area (Å²) in [5.41, 5.74) is 0. The summed E-state index contributed by atoms with van der Waals surface area (Å²) >= 11 is 0. The molecule has 0 aromatic heterocycles. The Morgan fingerprint density at radius 3 is 1.67 bits per heavy atom. The molecule has 0 aromatic carbocycles. The standard InChI is InChI=1S/C11H13F/c12-11-9-5-1-3-4-2-6(7(3)9)10(11)8(4)5/h3-11H,1-2H2. The Morgan fingerprint density at radius 1 is 0.667 bits per heavy atom. The molecule has 6 aliphatic rings. The summed E-state index contributed by atoms with van der Waals surface area (Å²) in [6.07, 6.45) is 2.50. The fraction of sp³-hybridized carbons (Fsp3) is 1.00. The van der Waals surface area contributed by atoms with Crippen molar-refractivity contribution >= 4 is 0 Å². The lowest BCUT2D eigenvalue weighted by Crippen LogP contribution is -2.30. The predicted octanol–water partition coefficient (Wildman–Crippen LogP) is 2.10. The minimum absolute atomic E-state index is 0.354. The van der Waals surface area contributed by atoms with Crippen LogP contribution in [0, 0.1) is 47.3 Å². The minimum atomic E-state index is -0.354. The zero-order chi connectivity index (χ0) is 7.61. The largest absolute Gasteiger partial charge is 0.247 e. The first kappa shape index (κ1) is 5.62. The van der Waals surface area contributed by atoms with Crippen molar-refractivity contribution in [1.82, 2.24) is 0 Å². The minimum Gasteiger partial charge on any atom is -0.247 e. The lowest BCUT2D eigenvalue weighted by atomic mass is 9.71. The van der Waals surface area contributed by atoms with Crippen LogP contribution in [0.3, 0.4) is 0 Å². The Bertz CT molecular complexity index is 251. The first-order valence-corrected chi connectivity index (χ1v) is 5.52. The normalized spacial score (nSPS) is 85.2. The smallest absolute Gasteiger partial charge is 0.107 e. The molecule has 6 bridgehead atoms. The van der Waals surface area contributed by atoms with Crippen molar-refractivity contribution in [2.45, 2.75) is 19.0 Å². The molecular weight excluding hydrogens is 151 g/mol. The highest BCUT2D eigenvalue weighted by molar-refractivity contribution is 5.27. The van der Waals surface area contributed by atoms with Gasteiger partial charge in [-0.05, 0) is 60.2 Å². The third-order valence-electron chi connectivity index (χ3n) is 6.23. The Balaban J connectivity index is 1.89. The van der Waals surface area contributed by atoms with Gasteiger partial charge in [-0.25, -0.2) is 4.39 Å². The molecule has 1 heteroatoms. The quantitative estimate of drug-likeness (QED) is 0.514. The van der Waals surface area contributed by atoms with Gasteiger partial charge in [0.15, 0.2) is 0 Å². The van der Waals surface area contributed by atoms with Crippen LogP contribution in [0.25, 0.3) is 0 Å². The SMILES string of the molecule is FC1C2C3CC4C5CC(C1C53)C42. The molecule has 0 aliphatic heterocycles. The molecule has 0 aromatic rings. The predicted molar refractivity (Wildman–Crippen MR) is 42.1 cm³/mol. The van der Waals surface area contributed by atoms with Gasteiger partial charge in [-0.1, -0.05) is 0 Å². The first-order chi connectivity index (χ1) is 5.88. The first-order valence-electron chi connectivity index (χ1n) is 5.52. The molecule has 6 rings (SSSR count). The van der Waals surface area contributed by atoms with Gasteiger partial charge >= 0.3 is 0 Å². The van der Waals surface area contributed by atoms with Crippen molar-refractivity contribution < 1.29 is 4.39 Å². The zero-order valence-electron chi connectivity index (χ0n) is 6.99. The zero-order valence-corrected chi connectivity index (χ0v) is 6.99. The highest BCUT2D eigenvalue weighted by Gasteiger charge is 2.80. The monoisotopic (exact) mass is 164 g/mol. The molecule has 6 aliphatic carbocycles. The summed E-state index contributed by atoms with van der Waals surface area (Å²) in [6.45, 7) is 0. The number of hydrogen-bond donors (Lipinski definition) is 0. The van der Waals surface area contributed by atoms with E-state index in [-0.39, 0.29) is 6.17 Å². The maximum absolute atomic E-state index is 13.9. The number of halogens is 1. The molecule has 12 heavy (non-hydrogen) atoms. The van der Waals surface area contributed by atoms with E-state index in [4.69, 9.17) is 0 Å². The highest BCUT2D eigenvalue weighted by atomic mass is 19.1. The molecule has 0 amide bonds. The average Bonchev–Trinajstić information content (AvgIpc) is 2.68. The molecule has 0 heterocycles. The summed E-state index contributed by atoms with van der Waals surface area (Å²) < 4.78 is 13.9. The van der Waals surface area contributed by atoms with Gasteiger partial charge in [0.25, 0.3) is 0 Å². The van der Waals surface area contributed by atoms with Gasteiger partial charge in [0.1, 0.15) is 6.17 Å². The van der Waals surface area contributed by atoms with Crippen LogP contribution < -0.4 is 0 Å². The molecule has 0 radical (unpaired) electrons. The fourth-order valence-corrected chi connectivity index (χ4v) is 6.51. The van der Waals surface area contributed by atoms with Crippen LogP contribution in [0.15, 0.2) is 0 Å². The Labute approximate surface area is 71.5 Å². The fourth-order valence-electron chi connectivity index (χ4n) is 6.51. The molecule has 0 nitrogen and oxygen atoms in total. The molecule has 8 unspecified atom stereocenters. The summed E-state index contributed by atoms with van der Waals surface area (Å²) in [5, 5.41) is 0. The molecular formula is C11H13F. The van der Waals surface area contributed by atoms with E-state index in [0.717, 1.165) is 35.5 Å². The van der Waals surface area contributed by atoms with Gasteiger partial charge in [0.05, 0.1) is 0 Å². The Morgan fingerprint density at radius 2 is 1.17 bits per heavy atom. The maximum Gasteiger partial charge on any atom is 0.107 e. The Hall–Kier alpha value is -0.0700. The molecule has 6 saturated carbocycles. The van der Waals surface area contributed by atoms with E-state index in [1.54, 1.807) is 0 Å². The van der Waals surface area contributed by atoms with Crippen molar-refractivity contribution in [3.8, 4) is 0 Å². The molecule has 0 spiro atoms. The lowest BCUT2D eigenvalue weighted by molar-refractivity contribution is 0.132. The van der Waals surface area contributed by atoms with Gasteiger partial charge in [-0.3, -0.25) is 0 Å². The summed E-state index contributed by atoms with van der Waals surface area (Å²) in [4.78, 5) is 0. The van der Waals surface area contributed by atoms with Crippen LogP contribution in [0.2, 0.25) is 0 Å². The van der Waals surface area contributed by atoms with Crippen molar-refractivity contribution in [2.75, 3.05) is 0 Å². The molecule has 0 N–H and O–H groups in total. The summed E-state index contributed by atoms with van der Waals surface area (Å²) in [7, 11) is 0. The van der Waals surface area contributed by atoms with E-state index in [2.05, 4.69) is 0 Å². The van der Waals surface area contributed by atoms with Crippen LogP contribution in [0.1, 0.15) is 12.8 Å². The van der Waals surface area contributed by atoms with Crippen molar-refractivity contribution in [3.63, 3.8) is 0 Å². The maximum atomic E-state index is 13.9. The number of hydrogen-bond acceptors (Lipinski definition) is 0. The van der Waals surface area contributed by atoms with E-state index in [1.165, 1.54) is 12.8 Å². The Kier molecular flexibility index (Phi) is 0.603. The van der Waals surface area contributed by atoms with Crippen LogP contribution in [-0.4, -0.2) is 6.17 Å². The van der Waals surface area contributed by atoms with Crippen LogP contribution in [0.5, 0.6) is 0 Å². The average molecular weight is 164 g/mol. The third-order valence-corrected chi connectivity index (χ3v) is 6.23. The lowest BCUT2D eigenvalue weighted by Gasteiger charge is -2.33. The van der Waals surface area contributed by atoms with E-state index in [9.17, 15) is 4.39 Å². The second-order valence-electron chi connectivity index (χ2n) is 5.88. The van der Waals surface area contributed by atoms with Crippen molar-refractivity contribution in [2.24, 2.45) is 47.3 Å². The highest BCUT2D eigenvalue weighted by Crippen LogP contribution is 2.83. The summed E-state index contributed by atoms with van der Waals surface area (Å²) in [5.74, 6) is 6.63. The van der Waals surface area contributed by atoms with Crippen molar-refractivity contribution in [1.29, 1.82) is 0 Å². The van der Waals surface area contributed by atoms with Crippen LogP contribution in [-0.2, 0) is 0 Å². The molecule has 6 fully saturated rings.